The van der Waals surface area contributed by atoms with Gasteiger partial charge in [0, 0.05) is 26.2 Å². The molecule has 1 aromatic rings. The topological polar surface area (TPSA) is 104 Å². The Hall–Kier alpha value is -1.45. The molecule has 0 spiro atoms. The largest absolute Gasteiger partial charge is 0.480 e. The summed E-state index contributed by atoms with van der Waals surface area (Å²) in [4.78, 5) is 13.5. The van der Waals surface area contributed by atoms with Gasteiger partial charge in [0.15, 0.2) is 5.76 Å². The number of carboxylic acid groups (broad SMARTS) is 1. The van der Waals surface area contributed by atoms with Gasteiger partial charge in [0.2, 0.25) is 10.0 Å². The second-order valence-corrected chi connectivity index (χ2v) is 8.09. The second kappa shape index (κ2) is 5.88. The average molecular weight is 343 g/mol. The maximum Gasteiger partial charge on any atom is 0.321 e. The smallest absolute Gasteiger partial charge is 0.321 e. The third kappa shape index (κ3) is 3.00. The van der Waals surface area contributed by atoms with E-state index in [4.69, 9.17) is 4.52 Å². The van der Waals surface area contributed by atoms with Crippen LogP contribution in [-0.2, 0) is 14.8 Å². The van der Waals surface area contributed by atoms with Crippen molar-refractivity contribution in [3.05, 3.63) is 11.5 Å². The van der Waals surface area contributed by atoms with Crippen LogP contribution in [0, 0.1) is 19.8 Å². The summed E-state index contributed by atoms with van der Waals surface area (Å²) >= 11 is 0. The highest BCUT2D eigenvalue weighted by atomic mass is 32.2. The quantitative estimate of drug-likeness (QED) is 0.828. The normalized spacial score (nSPS) is 22.2. The maximum atomic E-state index is 12.7. The standard InChI is InChI=1S/C14H21N3O5S/c1-9-13(10(2)22-15-9)23(20,21)17-7-5-16(6-8-17)12(14(18)19)11-3-4-11/h11-12H,3-8H2,1-2H3,(H,18,19). The molecule has 128 valence electrons. The first-order chi connectivity index (χ1) is 10.8. The minimum absolute atomic E-state index is 0.128. The molecule has 8 nitrogen and oxygen atoms in total. The van der Waals surface area contributed by atoms with Crippen LogP contribution in [-0.4, -0.2) is 66.1 Å². The number of sulfonamides is 1. The van der Waals surface area contributed by atoms with E-state index in [0.717, 1.165) is 12.8 Å². The Labute approximate surface area is 135 Å². The predicted octanol–water partition coefficient (Wildman–Crippen LogP) is 0.461. The second-order valence-electron chi connectivity index (χ2n) is 6.21. The number of piperazine rings is 1. The third-order valence-electron chi connectivity index (χ3n) is 4.55. The summed E-state index contributed by atoms with van der Waals surface area (Å²) in [5.74, 6) is -0.320. The van der Waals surface area contributed by atoms with Gasteiger partial charge < -0.3 is 9.63 Å². The van der Waals surface area contributed by atoms with Gasteiger partial charge >= 0.3 is 5.97 Å². The molecule has 1 saturated heterocycles. The molecule has 1 unspecified atom stereocenters. The maximum absolute atomic E-state index is 12.7. The van der Waals surface area contributed by atoms with E-state index < -0.39 is 22.0 Å². The molecule has 1 aliphatic carbocycles. The van der Waals surface area contributed by atoms with E-state index in [-0.39, 0.29) is 29.7 Å². The zero-order valence-corrected chi connectivity index (χ0v) is 14.0. The highest BCUT2D eigenvalue weighted by Gasteiger charge is 2.42. The Morgan fingerprint density at radius 2 is 1.87 bits per heavy atom. The molecule has 1 aromatic heterocycles. The van der Waals surface area contributed by atoms with Gasteiger partial charge in [-0.15, -0.1) is 0 Å². The van der Waals surface area contributed by atoms with Gasteiger partial charge in [-0.2, -0.15) is 4.31 Å². The number of carboxylic acids is 1. The van der Waals surface area contributed by atoms with Crippen molar-refractivity contribution in [2.24, 2.45) is 5.92 Å². The van der Waals surface area contributed by atoms with Gasteiger partial charge in [-0.05, 0) is 32.6 Å². The van der Waals surface area contributed by atoms with Crippen molar-refractivity contribution in [3.63, 3.8) is 0 Å². The van der Waals surface area contributed by atoms with Crippen LogP contribution in [0.15, 0.2) is 9.42 Å². The van der Waals surface area contributed by atoms with Crippen molar-refractivity contribution in [2.45, 2.75) is 37.6 Å². The fraction of sp³-hybridized carbons (Fsp3) is 0.714. The summed E-state index contributed by atoms with van der Waals surface area (Å²) in [6, 6.07) is -0.487. The van der Waals surface area contributed by atoms with E-state index in [1.165, 1.54) is 4.31 Å². The number of nitrogens with zero attached hydrogens (tertiary/aromatic N) is 3. The fourth-order valence-corrected chi connectivity index (χ4v) is 4.98. The molecule has 1 aliphatic heterocycles. The van der Waals surface area contributed by atoms with Crippen LogP contribution in [0.5, 0.6) is 0 Å². The summed E-state index contributed by atoms with van der Waals surface area (Å²) in [6.07, 6.45) is 1.88. The molecule has 23 heavy (non-hydrogen) atoms. The summed E-state index contributed by atoms with van der Waals surface area (Å²) < 4.78 is 31.8. The Morgan fingerprint density at radius 1 is 1.26 bits per heavy atom. The monoisotopic (exact) mass is 343 g/mol. The van der Waals surface area contributed by atoms with Gasteiger partial charge in [0.1, 0.15) is 16.6 Å². The molecule has 2 fully saturated rings. The Balaban J connectivity index is 1.72. The van der Waals surface area contributed by atoms with Crippen LogP contribution < -0.4 is 0 Å². The molecule has 9 heteroatoms. The van der Waals surface area contributed by atoms with Gasteiger partial charge in [0.25, 0.3) is 0 Å². The zero-order valence-electron chi connectivity index (χ0n) is 13.2. The first-order valence-electron chi connectivity index (χ1n) is 7.72. The summed E-state index contributed by atoms with van der Waals surface area (Å²) in [6.45, 7) is 4.60. The van der Waals surface area contributed by atoms with E-state index in [2.05, 4.69) is 5.16 Å². The molecule has 0 bridgehead atoms. The highest BCUT2D eigenvalue weighted by Crippen LogP contribution is 2.36. The summed E-state index contributed by atoms with van der Waals surface area (Å²) in [5.41, 5.74) is 0.353. The number of hydrogen-bond donors (Lipinski definition) is 1. The average Bonchev–Trinajstić information content (AvgIpc) is 3.24. The van der Waals surface area contributed by atoms with Gasteiger partial charge in [-0.3, -0.25) is 9.69 Å². The predicted molar refractivity (Wildman–Crippen MR) is 80.5 cm³/mol. The molecule has 1 N–H and O–H groups in total. The fourth-order valence-electron chi connectivity index (χ4n) is 3.26. The van der Waals surface area contributed by atoms with Crippen molar-refractivity contribution in [2.75, 3.05) is 26.2 Å². The minimum Gasteiger partial charge on any atom is -0.480 e. The van der Waals surface area contributed by atoms with Gasteiger partial charge in [-0.25, -0.2) is 8.42 Å². The van der Waals surface area contributed by atoms with Crippen molar-refractivity contribution in [1.29, 1.82) is 0 Å². The number of aliphatic carboxylic acids is 1. The van der Waals surface area contributed by atoms with E-state index in [1.54, 1.807) is 13.8 Å². The Morgan fingerprint density at radius 3 is 2.30 bits per heavy atom. The van der Waals surface area contributed by atoms with Crippen LogP contribution in [0.4, 0.5) is 0 Å². The molecule has 0 aromatic carbocycles. The van der Waals surface area contributed by atoms with Crippen molar-refractivity contribution in [3.8, 4) is 0 Å². The summed E-state index contributed by atoms with van der Waals surface area (Å²) in [5, 5.41) is 13.1. The summed E-state index contributed by atoms with van der Waals surface area (Å²) in [7, 11) is -3.65. The van der Waals surface area contributed by atoms with Crippen LogP contribution >= 0.6 is 0 Å². The van der Waals surface area contributed by atoms with Crippen LogP contribution in [0.3, 0.4) is 0 Å². The van der Waals surface area contributed by atoms with Crippen LogP contribution in [0.25, 0.3) is 0 Å². The molecular formula is C14H21N3O5S. The minimum atomic E-state index is -3.65. The lowest BCUT2D eigenvalue weighted by Crippen LogP contribution is -2.54. The van der Waals surface area contributed by atoms with Crippen molar-refractivity contribution < 1.29 is 22.8 Å². The molecular weight excluding hydrogens is 322 g/mol. The lowest BCUT2D eigenvalue weighted by molar-refractivity contribution is -0.144. The van der Waals surface area contributed by atoms with Gasteiger partial charge in [0.05, 0.1) is 0 Å². The van der Waals surface area contributed by atoms with Crippen LogP contribution in [0.1, 0.15) is 24.3 Å². The van der Waals surface area contributed by atoms with E-state index >= 15 is 0 Å². The van der Waals surface area contributed by atoms with Gasteiger partial charge in [-0.1, -0.05) is 5.16 Å². The SMILES string of the molecule is Cc1noc(C)c1S(=O)(=O)N1CCN(C(C(=O)O)C2CC2)CC1. The lowest BCUT2D eigenvalue weighted by Gasteiger charge is -2.37. The molecule has 0 amide bonds. The zero-order chi connectivity index (χ0) is 16.8. The first kappa shape index (κ1) is 16.4. The molecule has 0 radical (unpaired) electrons. The number of aryl methyl sites for hydroxylation is 2. The lowest BCUT2D eigenvalue weighted by atomic mass is 10.1. The Bertz CT molecular complexity index is 682. The molecule has 2 heterocycles. The van der Waals surface area contributed by atoms with E-state index in [9.17, 15) is 18.3 Å². The van der Waals surface area contributed by atoms with Crippen LogP contribution in [0.2, 0.25) is 0 Å². The molecule has 1 saturated carbocycles. The van der Waals surface area contributed by atoms with E-state index in [1.807, 2.05) is 4.90 Å². The van der Waals surface area contributed by atoms with Crippen molar-refractivity contribution in [1.82, 2.24) is 14.4 Å². The first-order valence-corrected chi connectivity index (χ1v) is 9.16. The molecule has 3 rings (SSSR count). The third-order valence-corrected chi connectivity index (χ3v) is 6.70. The number of carbonyl (C=O) groups is 1. The highest BCUT2D eigenvalue weighted by molar-refractivity contribution is 7.89. The van der Waals surface area contributed by atoms with Crippen molar-refractivity contribution >= 4 is 16.0 Å². The molecule has 2 aliphatic rings. The molecule has 1 atom stereocenters. The van der Waals surface area contributed by atoms with E-state index in [0.29, 0.717) is 18.8 Å². The number of rotatable bonds is 5. The Kier molecular flexibility index (Phi) is 4.19. The number of hydrogen-bond acceptors (Lipinski definition) is 6. The number of aromatic nitrogens is 1.